The van der Waals surface area contributed by atoms with Crippen molar-refractivity contribution < 1.29 is 9.53 Å². The molecule has 0 aliphatic carbocycles. The topological polar surface area (TPSA) is 59.2 Å². The first-order valence-corrected chi connectivity index (χ1v) is 7.20. The van der Waals surface area contributed by atoms with E-state index in [4.69, 9.17) is 4.74 Å². The van der Waals surface area contributed by atoms with Gasteiger partial charge in [0.2, 0.25) is 0 Å². The number of fused-ring (bicyclic) bond motifs is 1. The number of nitrogens with one attached hydrogen (secondary N) is 1. The first kappa shape index (κ1) is 14.8. The van der Waals surface area contributed by atoms with Gasteiger partial charge in [-0.05, 0) is 30.7 Å². The van der Waals surface area contributed by atoms with Gasteiger partial charge in [0, 0.05) is 17.5 Å². The van der Waals surface area contributed by atoms with Crippen molar-refractivity contribution in [1.29, 1.82) is 0 Å². The quantitative estimate of drug-likeness (QED) is 0.595. The molecule has 4 heteroatoms. The fourth-order valence-electron chi connectivity index (χ4n) is 2.29. The number of carbonyl (C=O) groups excluding carboxylic acids is 1. The van der Waals surface area contributed by atoms with Crippen LogP contribution in [-0.4, -0.2) is 11.0 Å². The average molecular weight is 305 g/mol. The lowest BCUT2D eigenvalue weighted by molar-refractivity contribution is -0.128. The maximum absolute atomic E-state index is 12.0. The number of carbonyl (C=O) groups is 1. The summed E-state index contributed by atoms with van der Waals surface area (Å²) in [6.45, 7) is 1.94. The predicted molar refractivity (Wildman–Crippen MR) is 90.4 cm³/mol. The van der Waals surface area contributed by atoms with Crippen LogP contribution in [0, 0.1) is 6.92 Å². The summed E-state index contributed by atoms with van der Waals surface area (Å²) >= 11 is 0. The lowest BCUT2D eigenvalue weighted by atomic mass is 10.1. The smallest absolute Gasteiger partial charge is 0.336 e. The standard InChI is InChI=1S/C19H15NO3/c1-13-7-9-16-15(11-13)17(12-18(21)20-16)23-19(22)10-8-14-5-3-2-4-6-14/h2-12H,1H3,(H,20,21). The van der Waals surface area contributed by atoms with Crippen molar-refractivity contribution in [2.24, 2.45) is 0 Å². The molecule has 1 N–H and O–H groups in total. The zero-order valence-corrected chi connectivity index (χ0v) is 12.6. The summed E-state index contributed by atoms with van der Waals surface area (Å²) < 4.78 is 5.34. The van der Waals surface area contributed by atoms with E-state index in [9.17, 15) is 9.59 Å². The summed E-state index contributed by atoms with van der Waals surface area (Å²) in [4.78, 5) is 26.4. The van der Waals surface area contributed by atoms with Crippen LogP contribution in [0.25, 0.3) is 17.0 Å². The van der Waals surface area contributed by atoms with Gasteiger partial charge in [-0.15, -0.1) is 0 Å². The van der Waals surface area contributed by atoms with E-state index < -0.39 is 5.97 Å². The molecule has 4 nitrogen and oxygen atoms in total. The molecule has 0 atom stereocenters. The van der Waals surface area contributed by atoms with Gasteiger partial charge in [0.15, 0.2) is 0 Å². The van der Waals surface area contributed by atoms with E-state index in [-0.39, 0.29) is 11.3 Å². The van der Waals surface area contributed by atoms with Gasteiger partial charge >= 0.3 is 5.97 Å². The van der Waals surface area contributed by atoms with Gasteiger partial charge in [0.25, 0.3) is 5.56 Å². The molecule has 3 aromatic rings. The molecule has 114 valence electrons. The molecule has 0 saturated heterocycles. The molecule has 0 radical (unpaired) electrons. The Morgan fingerprint density at radius 2 is 1.87 bits per heavy atom. The molecule has 1 heterocycles. The van der Waals surface area contributed by atoms with Gasteiger partial charge in [0.1, 0.15) is 5.75 Å². The molecule has 0 unspecified atom stereocenters. The van der Waals surface area contributed by atoms with Gasteiger partial charge in [-0.25, -0.2) is 4.79 Å². The van der Waals surface area contributed by atoms with E-state index in [1.807, 2.05) is 49.4 Å². The molecule has 1 aromatic heterocycles. The van der Waals surface area contributed by atoms with Crippen LogP contribution in [0.5, 0.6) is 5.75 Å². The molecule has 23 heavy (non-hydrogen) atoms. The summed E-state index contributed by atoms with van der Waals surface area (Å²) in [5.41, 5.74) is 2.24. The zero-order chi connectivity index (χ0) is 16.2. The van der Waals surface area contributed by atoms with E-state index in [0.717, 1.165) is 11.1 Å². The number of aromatic nitrogens is 1. The lowest BCUT2D eigenvalue weighted by Gasteiger charge is -2.06. The van der Waals surface area contributed by atoms with Crippen LogP contribution in [0.2, 0.25) is 0 Å². The molecular formula is C19H15NO3. The van der Waals surface area contributed by atoms with Crippen molar-refractivity contribution in [3.05, 3.63) is 82.2 Å². The predicted octanol–water partition coefficient (Wildman–Crippen LogP) is 3.46. The van der Waals surface area contributed by atoms with E-state index in [2.05, 4.69) is 4.98 Å². The Balaban J connectivity index is 1.89. The minimum absolute atomic E-state index is 0.259. The van der Waals surface area contributed by atoms with Crippen LogP contribution < -0.4 is 10.3 Å². The monoisotopic (exact) mass is 305 g/mol. The van der Waals surface area contributed by atoms with Crippen LogP contribution >= 0.6 is 0 Å². The number of ether oxygens (including phenoxy) is 1. The van der Waals surface area contributed by atoms with E-state index in [0.29, 0.717) is 10.9 Å². The van der Waals surface area contributed by atoms with Gasteiger partial charge in [-0.2, -0.15) is 0 Å². The molecule has 0 fully saturated rings. The normalized spacial score (nSPS) is 11.0. The van der Waals surface area contributed by atoms with Gasteiger partial charge in [0.05, 0.1) is 5.52 Å². The number of rotatable bonds is 3. The number of pyridine rings is 1. The highest BCUT2D eigenvalue weighted by atomic mass is 16.5. The zero-order valence-electron chi connectivity index (χ0n) is 12.6. The average Bonchev–Trinajstić information content (AvgIpc) is 2.54. The highest BCUT2D eigenvalue weighted by Gasteiger charge is 2.08. The third-order valence-electron chi connectivity index (χ3n) is 3.38. The Labute approximate surface area is 133 Å². The van der Waals surface area contributed by atoms with Crippen LogP contribution in [0.4, 0.5) is 0 Å². The summed E-state index contributed by atoms with van der Waals surface area (Å²) in [6, 6.07) is 16.3. The number of esters is 1. The van der Waals surface area contributed by atoms with Gasteiger partial charge < -0.3 is 9.72 Å². The number of H-pyrrole nitrogens is 1. The second kappa shape index (κ2) is 6.32. The largest absolute Gasteiger partial charge is 0.422 e. The highest BCUT2D eigenvalue weighted by molar-refractivity contribution is 5.93. The number of aromatic amines is 1. The first-order chi connectivity index (χ1) is 11.1. The van der Waals surface area contributed by atoms with Crippen LogP contribution in [0.15, 0.2) is 65.5 Å². The number of hydrogen-bond acceptors (Lipinski definition) is 3. The third-order valence-corrected chi connectivity index (χ3v) is 3.38. The van der Waals surface area contributed by atoms with Crippen molar-refractivity contribution in [1.82, 2.24) is 4.98 Å². The van der Waals surface area contributed by atoms with E-state index >= 15 is 0 Å². The summed E-state index contributed by atoms with van der Waals surface area (Å²) in [5.74, 6) is -0.266. The molecule has 0 saturated carbocycles. The van der Waals surface area contributed by atoms with Crippen molar-refractivity contribution in [3.63, 3.8) is 0 Å². The highest BCUT2D eigenvalue weighted by Crippen LogP contribution is 2.23. The van der Waals surface area contributed by atoms with Crippen molar-refractivity contribution in [2.45, 2.75) is 6.92 Å². The molecule has 2 aromatic carbocycles. The van der Waals surface area contributed by atoms with Crippen LogP contribution in [0.3, 0.4) is 0 Å². The molecule has 0 spiro atoms. The molecule has 0 aliphatic rings. The molecule has 0 aliphatic heterocycles. The molecule has 0 amide bonds. The fraction of sp³-hybridized carbons (Fsp3) is 0.0526. The summed E-state index contributed by atoms with van der Waals surface area (Å²) in [7, 11) is 0. The number of hydrogen-bond donors (Lipinski definition) is 1. The second-order valence-electron chi connectivity index (χ2n) is 5.21. The lowest BCUT2D eigenvalue weighted by Crippen LogP contribution is -2.10. The van der Waals surface area contributed by atoms with Gasteiger partial charge in [-0.1, -0.05) is 42.0 Å². The van der Waals surface area contributed by atoms with E-state index in [1.165, 1.54) is 12.1 Å². The maximum atomic E-state index is 12.0. The Kier molecular flexibility index (Phi) is 4.06. The summed E-state index contributed by atoms with van der Waals surface area (Å²) in [6.07, 6.45) is 3.01. The minimum Gasteiger partial charge on any atom is -0.422 e. The van der Waals surface area contributed by atoms with Gasteiger partial charge in [-0.3, -0.25) is 4.79 Å². The third kappa shape index (κ3) is 3.55. The van der Waals surface area contributed by atoms with Crippen LogP contribution in [0.1, 0.15) is 11.1 Å². The summed E-state index contributed by atoms with van der Waals surface area (Å²) in [5, 5.41) is 0.700. The first-order valence-electron chi connectivity index (χ1n) is 7.20. The number of aryl methyl sites for hydroxylation is 1. The molecular weight excluding hydrogens is 290 g/mol. The van der Waals surface area contributed by atoms with E-state index in [1.54, 1.807) is 12.1 Å². The minimum atomic E-state index is -0.526. The molecule has 0 bridgehead atoms. The van der Waals surface area contributed by atoms with Crippen molar-refractivity contribution in [3.8, 4) is 5.75 Å². The van der Waals surface area contributed by atoms with Crippen molar-refractivity contribution in [2.75, 3.05) is 0 Å². The second-order valence-corrected chi connectivity index (χ2v) is 5.21. The fourth-order valence-corrected chi connectivity index (χ4v) is 2.29. The Morgan fingerprint density at radius 3 is 2.65 bits per heavy atom. The maximum Gasteiger partial charge on any atom is 0.336 e. The number of benzene rings is 2. The Morgan fingerprint density at radius 1 is 1.09 bits per heavy atom. The Bertz CT molecular complexity index is 940. The Hall–Kier alpha value is -3.14. The van der Waals surface area contributed by atoms with Crippen molar-refractivity contribution >= 4 is 22.9 Å². The SMILES string of the molecule is Cc1ccc2[nH]c(=O)cc(OC(=O)C=Cc3ccccc3)c2c1. The molecule has 3 rings (SSSR count). The van der Waals surface area contributed by atoms with Crippen LogP contribution in [-0.2, 0) is 4.79 Å².